The molecule has 2 N–H and O–H groups in total. The third kappa shape index (κ3) is 3.39. The molecular weight excluding hydrogens is 340 g/mol. The van der Waals surface area contributed by atoms with Gasteiger partial charge in [-0.2, -0.15) is 5.10 Å². The molecule has 0 saturated carbocycles. The Hall–Kier alpha value is -2.74. The number of aromatic nitrogens is 3. The van der Waals surface area contributed by atoms with Gasteiger partial charge in [0.25, 0.3) is 5.91 Å². The molecule has 0 saturated heterocycles. The van der Waals surface area contributed by atoms with Gasteiger partial charge in [0.1, 0.15) is 0 Å². The Morgan fingerprint density at radius 3 is 2.84 bits per heavy atom. The predicted octanol–water partition coefficient (Wildman–Crippen LogP) is 2.60. The molecule has 0 spiro atoms. The maximum atomic E-state index is 12.8. The fourth-order valence-corrected chi connectivity index (χ4v) is 3.48. The lowest BCUT2D eigenvalue weighted by Crippen LogP contribution is -2.34. The summed E-state index contributed by atoms with van der Waals surface area (Å²) in [7, 11) is 1.79. The second-order valence-corrected chi connectivity index (χ2v) is 6.86. The summed E-state index contributed by atoms with van der Waals surface area (Å²) in [5.41, 5.74) is 2.48. The summed E-state index contributed by atoms with van der Waals surface area (Å²) in [6.07, 6.45) is -0.135. The van der Waals surface area contributed by atoms with Crippen LogP contribution in [-0.4, -0.2) is 37.8 Å². The number of aryl methyl sites for hydroxylation is 2. The fraction of sp³-hybridized carbons (Fsp3) is 0.294. The number of fused-ring (bicyclic) bond motifs is 1. The molecule has 0 aliphatic heterocycles. The zero-order valence-corrected chi connectivity index (χ0v) is 14.9. The molecule has 1 unspecified atom stereocenters. The number of rotatable bonds is 5. The van der Waals surface area contributed by atoms with Crippen molar-refractivity contribution in [2.24, 2.45) is 7.05 Å². The maximum Gasteiger partial charge on any atom is 0.305 e. The van der Waals surface area contributed by atoms with Gasteiger partial charge in [-0.25, -0.2) is 4.98 Å². The van der Waals surface area contributed by atoms with E-state index in [1.165, 1.54) is 11.3 Å². The fourth-order valence-electron chi connectivity index (χ4n) is 2.79. The number of hydrogen-bond donors (Lipinski definition) is 2. The maximum absolute atomic E-state index is 12.8. The molecule has 3 aromatic heterocycles. The summed E-state index contributed by atoms with van der Waals surface area (Å²) in [6.45, 7) is 3.49. The summed E-state index contributed by atoms with van der Waals surface area (Å²) >= 11 is 1.54. The van der Waals surface area contributed by atoms with Crippen LogP contribution in [0.25, 0.3) is 21.6 Å². The molecule has 0 aliphatic rings. The van der Waals surface area contributed by atoms with E-state index < -0.39 is 12.0 Å². The van der Waals surface area contributed by atoms with Crippen LogP contribution in [0.5, 0.6) is 0 Å². The van der Waals surface area contributed by atoms with Crippen molar-refractivity contribution in [3.05, 3.63) is 34.8 Å². The molecule has 0 aromatic carbocycles. The van der Waals surface area contributed by atoms with Gasteiger partial charge in [-0.15, -0.1) is 11.3 Å². The largest absolute Gasteiger partial charge is 0.481 e. The van der Waals surface area contributed by atoms with Crippen LogP contribution in [0, 0.1) is 6.92 Å². The first-order valence-corrected chi connectivity index (χ1v) is 8.65. The number of amides is 1. The van der Waals surface area contributed by atoms with Gasteiger partial charge < -0.3 is 10.4 Å². The van der Waals surface area contributed by atoms with Crippen molar-refractivity contribution in [3.8, 4) is 10.6 Å². The highest BCUT2D eigenvalue weighted by molar-refractivity contribution is 7.13. The molecule has 25 heavy (non-hydrogen) atoms. The number of nitrogens with one attached hydrogen (secondary N) is 1. The summed E-state index contributed by atoms with van der Waals surface area (Å²) < 4.78 is 1.65. The van der Waals surface area contributed by atoms with Crippen LogP contribution < -0.4 is 5.32 Å². The number of thiophene rings is 1. The number of aliphatic carboxylic acids is 1. The Balaban J connectivity index is 2.09. The van der Waals surface area contributed by atoms with Crippen LogP contribution >= 0.6 is 11.3 Å². The number of pyridine rings is 1. The van der Waals surface area contributed by atoms with Gasteiger partial charge in [0.15, 0.2) is 5.65 Å². The molecule has 0 bridgehead atoms. The third-order valence-corrected chi connectivity index (χ3v) is 4.74. The van der Waals surface area contributed by atoms with Crippen LogP contribution in [0.2, 0.25) is 0 Å². The third-order valence-electron chi connectivity index (χ3n) is 3.85. The van der Waals surface area contributed by atoms with Crippen LogP contribution in [0.1, 0.15) is 29.4 Å². The Labute approximate surface area is 148 Å². The van der Waals surface area contributed by atoms with Crippen molar-refractivity contribution in [2.75, 3.05) is 0 Å². The summed E-state index contributed by atoms with van der Waals surface area (Å²) in [5, 5.41) is 18.6. The van der Waals surface area contributed by atoms with Gasteiger partial charge in [-0.05, 0) is 31.4 Å². The van der Waals surface area contributed by atoms with Crippen molar-refractivity contribution in [1.29, 1.82) is 0 Å². The minimum atomic E-state index is -0.954. The van der Waals surface area contributed by atoms with E-state index in [4.69, 9.17) is 5.11 Å². The zero-order chi connectivity index (χ0) is 18.1. The Morgan fingerprint density at radius 2 is 2.20 bits per heavy atom. The van der Waals surface area contributed by atoms with Crippen LogP contribution in [0.3, 0.4) is 0 Å². The van der Waals surface area contributed by atoms with E-state index >= 15 is 0 Å². The molecule has 0 fully saturated rings. The Bertz CT molecular complexity index is 947. The molecule has 1 atom stereocenters. The molecule has 0 radical (unpaired) electrons. The molecular formula is C17H18N4O3S. The second-order valence-electron chi connectivity index (χ2n) is 5.91. The average molecular weight is 358 g/mol. The van der Waals surface area contributed by atoms with E-state index in [-0.39, 0.29) is 12.3 Å². The minimum Gasteiger partial charge on any atom is -0.481 e. The molecule has 130 valence electrons. The number of carbonyl (C=O) groups is 2. The number of carboxylic acid groups (broad SMARTS) is 1. The zero-order valence-electron chi connectivity index (χ0n) is 14.1. The summed E-state index contributed by atoms with van der Waals surface area (Å²) in [6, 6.07) is 5.13. The van der Waals surface area contributed by atoms with Gasteiger partial charge in [0, 0.05) is 13.1 Å². The summed E-state index contributed by atoms with van der Waals surface area (Å²) in [5.74, 6) is -1.28. The molecule has 3 rings (SSSR count). The first-order valence-electron chi connectivity index (χ1n) is 7.77. The number of carboxylic acids is 1. The van der Waals surface area contributed by atoms with Crippen molar-refractivity contribution >= 4 is 34.2 Å². The molecule has 3 heterocycles. The Kier molecular flexibility index (Phi) is 4.54. The van der Waals surface area contributed by atoms with Crippen LogP contribution in [-0.2, 0) is 11.8 Å². The number of hydrogen-bond acceptors (Lipinski definition) is 5. The topological polar surface area (TPSA) is 97.1 Å². The van der Waals surface area contributed by atoms with E-state index in [0.29, 0.717) is 28.0 Å². The molecule has 0 aliphatic carbocycles. The van der Waals surface area contributed by atoms with Gasteiger partial charge >= 0.3 is 5.97 Å². The van der Waals surface area contributed by atoms with Gasteiger partial charge in [-0.1, -0.05) is 6.07 Å². The molecule has 3 aromatic rings. The number of carbonyl (C=O) groups excluding carboxylic acids is 1. The smallest absolute Gasteiger partial charge is 0.305 e. The van der Waals surface area contributed by atoms with Crippen molar-refractivity contribution in [2.45, 2.75) is 26.3 Å². The second kappa shape index (κ2) is 6.64. The predicted molar refractivity (Wildman–Crippen MR) is 95.7 cm³/mol. The van der Waals surface area contributed by atoms with Crippen LogP contribution in [0.15, 0.2) is 23.6 Å². The monoisotopic (exact) mass is 358 g/mol. The highest BCUT2D eigenvalue weighted by atomic mass is 32.1. The van der Waals surface area contributed by atoms with E-state index in [0.717, 1.165) is 4.88 Å². The van der Waals surface area contributed by atoms with Crippen LogP contribution in [0.4, 0.5) is 0 Å². The molecule has 7 nitrogen and oxygen atoms in total. The van der Waals surface area contributed by atoms with Gasteiger partial charge in [-0.3, -0.25) is 14.3 Å². The van der Waals surface area contributed by atoms with E-state index in [1.807, 2.05) is 24.4 Å². The standard InChI is InChI=1S/C17H18N4O3S/c1-9(7-14(22)23)18-17(24)11-8-12(13-5-4-6-25-13)19-16-15(11)10(2)20-21(16)3/h4-6,8-9H,7H2,1-3H3,(H,18,24)(H,22,23). The quantitative estimate of drug-likeness (QED) is 0.731. The van der Waals surface area contributed by atoms with Crippen molar-refractivity contribution in [3.63, 3.8) is 0 Å². The lowest BCUT2D eigenvalue weighted by molar-refractivity contribution is -0.137. The molecule has 1 amide bonds. The van der Waals surface area contributed by atoms with E-state index in [1.54, 1.807) is 24.7 Å². The van der Waals surface area contributed by atoms with Gasteiger partial charge in [0.2, 0.25) is 0 Å². The minimum absolute atomic E-state index is 0.135. The van der Waals surface area contributed by atoms with Gasteiger partial charge in [0.05, 0.1) is 33.6 Å². The lowest BCUT2D eigenvalue weighted by atomic mass is 10.1. The first-order chi connectivity index (χ1) is 11.9. The van der Waals surface area contributed by atoms with Crippen molar-refractivity contribution < 1.29 is 14.7 Å². The average Bonchev–Trinajstić information content (AvgIpc) is 3.15. The summed E-state index contributed by atoms with van der Waals surface area (Å²) in [4.78, 5) is 29.2. The highest BCUT2D eigenvalue weighted by Gasteiger charge is 2.21. The first kappa shape index (κ1) is 17.1. The SMILES string of the molecule is Cc1nn(C)c2nc(-c3cccs3)cc(C(=O)NC(C)CC(=O)O)c12. The molecule has 8 heteroatoms. The highest BCUT2D eigenvalue weighted by Crippen LogP contribution is 2.29. The van der Waals surface area contributed by atoms with E-state index in [9.17, 15) is 9.59 Å². The lowest BCUT2D eigenvalue weighted by Gasteiger charge is -2.13. The Morgan fingerprint density at radius 1 is 1.44 bits per heavy atom. The van der Waals surface area contributed by atoms with E-state index in [2.05, 4.69) is 15.4 Å². The normalized spacial score (nSPS) is 12.3. The van der Waals surface area contributed by atoms with Crippen molar-refractivity contribution in [1.82, 2.24) is 20.1 Å². The number of nitrogens with zero attached hydrogens (tertiary/aromatic N) is 3.